The van der Waals surface area contributed by atoms with E-state index in [1.54, 1.807) is 0 Å². The van der Waals surface area contributed by atoms with Gasteiger partial charge in [0.25, 0.3) is 0 Å². The second-order valence-corrected chi connectivity index (χ2v) is 5.72. The molecule has 2 heteroatoms. The number of nitrogens with zero attached hydrogens (tertiary/aromatic N) is 1. The van der Waals surface area contributed by atoms with Gasteiger partial charge in [-0.05, 0) is 36.6 Å². The molecule has 2 aromatic rings. The lowest BCUT2D eigenvalue weighted by Crippen LogP contribution is -2.25. The molecule has 104 valence electrons. The normalized spacial score (nSPS) is 19.1. The summed E-state index contributed by atoms with van der Waals surface area (Å²) in [5.41, 5.74) is 3.97. The molecular weight excluding hydrogens is 244 g/mol. The van der Waals surface area contributed by atoms with Crippen molar-refractivity contribution in [3.63, 3.8) is 0 Å². The van der Waals surface area contributed by atoms with Gasteiger partial charge in [-0.25, -0.2) is 0 Å². The van der Waals surface area contributed by atoms with Crippen molar-refractivity contribution in [2.45, 2.75) is 25.9 Å². The van der Waals surface area contributed by atoms with Gasteiger partial charge in [-0.2, -0.15) is 0 Å². The summed E-state index contributed by atoms with van der Waals surface area (Å²) in [7, 11) is 0. The van der Waals surface area contributed by atoms with Gasteiger partial charge >= 0.3 is 0 Å². The van der Waals surface area contributed by atoms with E-state index in [-0.39, 0.29) is 0 Å². The molecule has 3 rings (SSSR count). The molecule has 1 saturated heterocycles. The van der Waals surface area contributed by atoms with Crippen LogP contribution in [0.1, 0.15) is 17.5 Å². The van der Waals surface area contributed by atoms with Gasteiger partial charge < -0.3 is 5.32 Å². The Morgan fingerprint density at radius 2 is 1.95 bits per heavy atom. The molecule has 20 heavy (non-hydrogen) atoms. The van der Waals surface area contributed by atoms with E-state index in [1.807, 2.05) is 0 Å². The summed E-state index contributed by atoms with van der Waals surface area (Å²) >= 11 is 0. The summed E-state index contributed by atoms with van der Waals surface area (Å²) in [5.74, 6) is 0. The van der Waals surface area contributed by atoms with Gasteiger partial charge in [-0.3, -0.25) is 4.90 Å². The Labute approximate surface area is 121 Å². The van der Waals surface area contributed by atoms with E-state index in [0.29, 0.717) is 6.04 Å². The highest BCUT2D eigenvalue weighted by Gasteiger charge is 2.22. The average Bonchev–Trinajstić information content (AvgIpc) is 2.87. The summed E-state index contributed by atoms with van der Waals surface area (Å²) < 4.78 is 0. The topological polar surface area (TPSA) is 15.3 Å². The van der Waals surface area contributed by atoms with Crippen LogP contribution in [0.3, 0.4) is 0 Å². The van der Waals surface area contributed by atoms with E-state index in [0.717, 1.165) is 13.1 Å². The summed E-state index contributed by atoms with van der Waals surface area (Å²) in [6.07, 6.45) is 1.22. The van der Waals surface area contributed by atoms with Crippen LogP contribution in [0.15, 0.2) is 54.6 Å². The number of hydrogen-bond donors (Lipinski definition) is 1. The number of anilines is 1. The standard InChI is InChI=1S/C18H22N2/c1-15-6-5-9-17(12-15)19-18-10-11-20(14-18)13-16-7-3-2-4-8-16/h2-9,12,18-19H,10-11,13-14H2,1H3. The van der Waals surface area contributed by atoms with E-state index in [1.165, 1.54) is 29.8 Å². The van der Waals surface area contributed by atoms with Gasteiger partial charge in [-0.15, -0.1) is 0 Å². The third-order valence-corrected chi connectivity index (χ3v) is 3.91. The monoisotopic (exact) mass is 266 g/mol. The number of likely N-dealkylation sites (tertiary alicyclic amines) is 1. The number of rotatable bonds is 4. The zero-order valence-corrected chi connectivity index (χ0v) is 12.0. The molecular formula is C18H22N2. The van der Waals surface area contributed by atoms with Gasteiger partial charge in [-0.1, -0.05) is 42.5 Å². The maximum Gasteiger partial charge on any atom is 0.0400 e. The molecule has 1 aliphatic rings. The Kier molecular flexibility index (Phi) is 4.03. The minimum absolute atomic E-state index is 0.570. The van der Waals surface area contributed by atoms with Crippen molar-refractivity contribution < 1.29 is 0 Å². The first-order valence-electron chi connectivity index (χ1n) is 7.39. The highest BCUT2D eigenvalue weighted by molar-refractivity contribution is 5.46. The maximum atomic E-state index is 3.66. The van der Waals surface area contributed by atoms with Crippen molar-refractivity contribution in [3.8, 4) is 0 Å². The molecule has 1 N–H and O–H groups in total. The maximum absolute atomic E-state index is 3.66. The van der Waals surface area contributed by atoms with Crippen molar-refractivity contribution in [2.75, 3.05) is 18.4 Å². The molecule has 0 aromatic heterocycles. The number of aryl methyl sites for hydroxylation is 1. The van der Waals surface area contributed by atoms with E-state index in [9.17, 15) is 0 Å². The van der Waals surface area contributed by atoms with Gasteiger partial charge in [0.2, 0.25) is 0 Å². The predicted octanol–water partition coefficient (Wildman–Crippen LogP) is 3.68. The van der Waals surface area contributed by atoms with E-state index in [2.05, 4.69) is 71.7 Å². The average molecular weight is 266 g/mol. The van der Waals surface area contributed by atoms with Crippen LogP contribution in [0, 0.1) is 6.92 Å². The van der Waals surface area contributed by atoms with Crippen molar-refractivity contribution in [1.29, 1.82) is 0 Å². The van der Waals surface area contributed by atoms with Crippen LogP contribution in [-0.2, 0) is 6.54 Å². The van der Waals surface area contributed by atoms with Crippen LogP contribution in [0.4, 0.5) is 5.69 Å². The summed E-state index contributed by atoms with van der Waals surface area (Å²) in [6, 6.07) is 19.9. The molecule has 0 aliphatic carbocycles. The predicted molar refractivity (Wildman–Crippen MR) is 84.9 cm³/mol. The van der Waals surface area contributed by atoms with Crippen LogP contribution >= 0.6 is 0 Å². The minimum Gasteiger partial charge on any atom is -0.381 e. The Hall–Kier alpha value is -1.80. The molecule has 1 heterocycles. The molecule has 0 spiro atoms. The largest absolute Gasteiger partial charge is 0.381 e. The fourth-order valence-corrected chi connectivity index (χ4v) is 2.91. The van der Waals surface area contributed by atoms with Crippen LogP contribution < -0.4 is 5.32 Å². The third kappa shape index (κ3) is 3.40. The smallest absolute Gasteiger partial charge is 0.0400 e. The van der Waals surface area contributed by atoms with Gasteiger partial charge in [0.1, 0.15) is 0 Å². The Bertz CT molecular complexity index is 550. The summed E-state index contributed by atoms with van der Waals surface area (Å²) in [4.78, 5) is 2.53. The number of benzene rings is 2. The van der Waals surface area contributed by atoms with E-state index in [4.69, 9.17) is 0 Å². The van der Waals surface area contributed by atoms with Gasteiger partial charge in [0.05, 0.1) is 0 Å². The number of hydrogen-bond acceptors (Lipinski definition) is 2. The molecule has 0 saturated carbocycles. The lowest BCUT2D eigenvalue weighted by atomic mass is 10.2. The third-order valence-electron chi connectivity index (χ3n) is 3.91. The van der Waals surface area contributed by atoms with Crippen LogP contribution in [0.5, 0.6) is 0 Å². The second-order valence-electron chi connectivity index (χ2n) is 5.72. The first-order valence-corrected chi connectivity index (χ1v) is 7.39. The highest BCUT2D eigenvalue weighted by atomic mass is 15.2. The molecule has 0 amide bonds. The van der Waals surface area contributed by atoms with Gasteiger partial charge in [0.15, 0.2) is 0 Å². The summed E-state index contributed by atoms with van der Waals surface area (Å²) in [6.45, 7) is 5.51. The van der Waals surface area contributed by atoms with E-state index >= 15 is 0 Å². The molecule has 2 nitrogen and oxygen atoms in total. The molecule has 1 fully saturated rings. The van der Waals surface area contributed by atoms with Crippen molar-refractivity contribution in [3.05, 3.63) is 65.7 Å². The Morgan fingerprint density at radius 3 is 2.75 bits per heavy atom. The zero-order valence-electron chi connectivity index (χ0n) is 12.0. The lowest BCUT2D eigenvalue weighted by Gasteiger charge is -2.17. The van der Waals surface area contributed by atoms with Crippen molar-refractivity contribution >= 4 is 5.69 Å². The molecule has 1 unspecified atom stereocenters. The van der Waals surface area contributed by atoms with Gasteiger partial charge in [0, 0.05) is 31.4 Å². The van der Waals surface area contributed by atoms with Crippen LogP contribution in [0.2, 0.25) is 0 Å². The molecule has 1 aliphatic heterocycles. The fourth-order valence-electron chi connectivity index (χ4n) is 2.91. The molecule has 2 aromatic carbocycles. The first kappa shape index (κ1) is 13.2. The quantitative estimate of drug-likeness (QED) is 0.908. The fraction of sp³-hybridized carbons (Fsp3) is 0.333. The first-order chi connectivity index (χ1) is 9.79. The van der Waals surface area contributed by atoms with Crippen LogP contribution in [0.25, 0.3) is 0 Å². The number of nitrogens with one attached hydrogen (secondary N) is 1. The lowest BCUT2D eigenvalue weighted by molar-refractivity contribution is 0.328. The Morgan fingerprint density at radius 1 is 1.10 bits per heavy atom. The molecule has 0 bridgehead atoms. The van der Waals surface area contributed by atoms with Crippen molar-refractivity contribution in [2.24, 2.45) is 0 Å². The molecule has 0 radical (unpaired) electrons. The summed E-state index contributed by atoms with van der Waals surface area (Å²) in [5, 5.41) is 3.66. The zero-order chi connectivity index (χ0) is 13.8. The van der Waals surface area contributed by atoms with E-state index < -0.39 is 0 Å². The molecule has 1 atom stereocenters. The minimum atomic E-state index is 0.570. The Balaban J connectivity index is 1.54. The van der Waals surface area contributed by atoms with Crippen molar-refractivity contribution in [1.82, 2.24) is 4.90 Å². The highest BCUT2D eigenvalue weighted by Crippen LogP contribution is 2.18. The van der Waals surface area contributed by atoms with Crippen LogP contribution in [-0.4, -0.2) is 24.0 Å². The second kappa shape index (κ2) is 6.10. The SMILES string of the molecule is Cc1cccc(NC2CCN(Cc3ccccc3)C2)c1.